The lowest BCUT2D eigenvalue weighted by Crippen LogP contribution is -2.10. The molecule has 0 saturated carbocycles. The average Bonchev–Trinajstić information content (AvgIpc) is 2.43. The lowest BCUT2D eigenvalue weighted by molar-refractivity contribution is 0.600. The molecular weight excluding hydrogens is 277 g/mol. The van der Waals surface area contributed by atoms with E-state index in [1.807, 2.05) is 31.2 Å². The summed E-state index contributed by atoms with van der Waals surface area (Å²) in [7, 11) is 0. The Morgan fingerprint density at radius 3 is 2.55 bits per heavy atom. The average molecular weight is 294 g/mol. The second-order valence-corrected chi connectivity index (χ2v) is 5.05. The lowest BCUT2D eigenvalue weighted by Gasteiger charge is -2.09. The maximum absolute atomic E-state index is 13.9. The van der Waals surface area contributed by atoms with E-state index in [0.717, 1.165) is 12.0 Å². The van der Waals surface area contributed by atoms with E-state index in [1.165, 1.54) is 0 Å². The minimum Gasteiger partial charge on any atom is -0.368 e. The summed E-state index contributed by atoms with van der Waals surface area (Å²) in [6.07, 6.45) is 1.47. The Hall–Kier alpha value is -1.68. The molecular formula is C15H17ClFN3. The molecule has 0 aliphatic heterocycles. The third kappa shape index (κ3) is 3.67. The van der Waals surface area contributed by atoms with Crippen LogP contribution in [-0.4, -0.2) is 16.5 Å². The summed E-state index contributed by atoms with van der Waals surface area (Å²) in [6.45, 7) is 4.36. The van der Waals surface area contributed by atoms with E-state index in [1.54, 1.807) is 6.92 Å². The van der Waals surface area contributed by atoms with E-state index in [0.29, 0.717) is 29.5 Å². The van der Waals surface area contributed by atoms with Gasteiger partial charge in [-0.15, -0.1) is 0 Å². The Bertz CT molecular complexity index is 584. The number of hydrogen-bond donors (Lipinski definition) is 1. The summed E-state index contributed by atoms with van der Waals surface area (Å²) in [5.41, 5.74) is 1.41. The fourth-order valence-corrected chi connectivity index (χ4v) is 1.97. The normalized spacial score (nSPS) is 10.6. The van der Waals surface area contributed by atoms with Gasteiger partial charge in [0.1, 0.15) is 5.82 Å². The molecule has 3 nitrogen and oxygen atoms in total. The molecule has 5 heteroatoms. The first-order valence-electron chi connectivity index (χ1n) is 6.61. The minimum absolute atomic E-state index is 0.281. The van der Waals surface area contributed by atoms with Gasteiger partial charge in [-0.3, -0.25) is 0 Å². The predicted molar refractivity (Wildman–Crippen MR) is 79.8 cm³/mol. The van der Waals surface area contributed by atoms with Gasteiger partial charge in [0.2, 0.25) is 0 Å². The molecule has 1 aromatic heterocycles. The van der Waals surface area contributed by atoms with Gasteiger partial charge < -0.3 is 5.32 Å². The van der Waals surface area contributed by atoms with E-state index in [9.17, 15) is 4.39 Å². The number of aryl methyl sites for hydroxylation is 1. The van der Waals surface area contributed by atoms with Crippen LogP contribution >= 0.6 is 11.6 Å². The molecule has 0 amide bonds. The third-order valence-electron chi connectivity index (χ3n) is 2.88. The zero-order valence-electron chi connectivity index (χ0n) is 11.6. The van der Waals surface area contributed by atoms with Crippen LogP contribution in [-0.2, 0) is 6.42 Å². The van der Waals surface area contributed by atoms with Crippen LogP contribution in [0.1, 0.15) is 30.4 Å². The molecule has 0 saturated heterocycles. The summed E-state index contributed by atoms with van der Waals surface area (Å²) in [5, 5.41) is 3.68. The van der Waals surface area contributed by atoms with Gasteiger partial charge in [0.05, 0.1) is 5.69 Å². The van der Waals surface area contributed by atoms with E-state index >= 15 is 0 Å². The van der Waals surface area contributed by atoms with Gasteiger partial charge in [-0.1, -0.05) is 30.7 Å². The lowest BCUT2D eigenvalue weighted by atomic mass is 10.1. The van der Waals surface area contributed by atoms with Crippen molar-refractivity contribution in [1.82, 2.24) is 9.97 Å². The number of nitrogens with zero attached hydrogens (tertiary/aromatic N) is 2. The smallest absolute Gasteiger partial charge is 0.186 e. The first kappa shape index (κ1) is 14.7. The molecule has 0 radical (unpaired) electrons. The molecule has 0 spiro atoms. The molecule has 1 N–H and O–H groups in total. The number of nitrogens with one attached hydrogen (secondary N) is 1. The summed E-state index contributed by atoms with van der Waals surface area (Å²) in [6, 6.07) is 7.49. The standard InChI is InChI=1S/C15H17ClFN3/c1-3-8-18-15-14(17)10(2)19-13(20-15)9-11-4-6-12(16)7-5-11/h4-7H,3,8-9H2,1-2H3,(H,18,19,20). The molecule has 0 bridgehead atoms. The van der Waals surface area contributed by atoms with Crippen molar-refractivity contribution in [2.24, 2.45) is 0 Å². The Labute approximate surface area is 123 Å². The molecule has 20 heavy (non-hydrogen) atoms. The highest BCUT2D eigenvalue weighted by atomic mass is 35.5. The molecule has 0 aliphatic carbocycles. The summed E-state index contributed by atoms with van der Waals surface area (Å²) < 4.78 is 13.9. The molecule has 106 valence electrons. The predicted octanol–water partition coefficient (Wildman–Crippen LogP) is 3.99. The Morgan fingerprint density at radius 2 is 1.90 bits per heavy atom. The molecule has 0 fully saturated rings. The molecule has 0 unspecified atom stereocenters. The van der Waals surface area contributed by atoms with Crippen molar-refractivity contribution in [1.29, 1.82) is 0 Å². The van der Waals surface area contributed by atoms with Gasteiger partial charge in [0.15, 0.2) is 11.6 Å². The quantitative estimate of drug-likeness (QED) is 0.906. The first-order chi connectivity index (χ1) is 9.60. The van der Waals surface area contributed by atoms with Crippen LogP contribution in [0.5, 0.6) is 0 Å². The maximum atomic E-state index is 13.9. The van der Waals surface area contributed by atoms with Crippen LogP contribution in [0.3, 0.4) is 0 Å². The van der Waals surface area contributed by atoms with Crippen molar-refractivity contribution in [3.05, 3.63) is 52.2 Å². The Morgan fingerprint density at radius 1 is 1.20 bits per heavy atom. The van der Waals surface area contributed by atoms with E-state index in [2.05, 4.69) is 15.3 Å². The van der Waals surface area contributed by atoms with E-state index < -0.39 is 0 Å². The van der Waals surface area contributed by atoms with Crippen molar-refractivity contribution >= 4 is 17.4 Å². The molecule has 2 aromatic rings. The topological polar surface area (TPSA) is 37.8 Å². The molecule has 1 aromatic carbocycles. The van der Waals surface area contributed by atoms with Gasteiger partial charge in [-0.25, -0.2) is 14.4 Å². The number of benzene rings is 1. The molecule has 2 rings (SSSR count). The van der Waals surface area contributed by atoms with Crippen molar-refractivity contribution < 1.29 is 4.39 Å². The number of anilines is 1. The zero-order chi connectivity index (χ0) is 14.5. The monoisotopic (exact) mass is 293 g/mol. The van der Waals surface area contributed by atoms with Gasteiger partial charge in [-0.2, -0.15) is 0 Å². The zero-order valence-corrected chi connectivity index (χ0v) is 12.3. The second kappa shape index (κ2) is 6.66. The Balaban J connectivity index is 2.23. The maximum Gasteiger partial charge on any atom is 0.186 e. The number of hydrogen-bond acceptors (Lipinski definition) is 3. The molecule has 0 aliphatic rings. The van der Waals surface area contributed by atoms with Crippen LogP contribution < -0.4 is 5.32 Å². The fourth-order valence-electron chi connectivity index (χ4n) is 1.84. The SMILES string of the molecule is CCCNc1nc(Cc2ccc(Cl)cc2)nc(C)c1F. The summed E-state index contributed by atoms with van der Waals surface area (Å²) in [5.74, 6) is 0.506. The molecule has 1 heterocycles. The van der Waals surface area contributed by atoms with Gasteiger partial charge in [0.25, 0.3) is 0 Å². The number of aromatic nitrogens is 2. The third-order valence-corrected chi connectivity index (χ3v) is 3.13. The van der Waals surface area contributed by atoms with Gasteiger partial charge >= 0.3 is 0 Å². The minimum atomic E-state index is -0.377. The first-order valence-corrected chi connectivity index (χ1v) is 6.99. The van der Waals surface area contributed by atoms with Crippen molar-refractivity contribution in [2.75, 3.05) is 11.9 Å². The highest BCUT2D eigenvalue weighted by Gasteiger charge is 2.11. The van der Waals surface area contributed by atoms with Crippen molar-refractivity contribution in [2.45, 2.75) is 26.7 Å². The fraction of sp³-hybridized carbons (Fsp3) is 0.333. The van der Waals surface area contributed by atoms with Crippen molar-refractivity contribution in [3.8, 4) is 0 Å². The van der Waals surface area contributed by atoms with Crippen LogP contribution in [0.2, 0.25) is 5.02 Å². The highest BCUT2D eigenvalue weighted by Crippen LogP contribution is 2.17. The highest BCUT2D eigenvalue weighted by molar-refractivity contribution is 6.30. The van der Waals surface area contributed by atoms with Gasteiger partial charge in [0, 0.05) is 18.0 Å². The van der Waals surface area contributed by atoms with E-state index in [4.69, 9.17) is 11.6 Å². The second-order valence-electron chi connectivity index (χ2n) is 4.62. The van der Waals surface area contributed by atoms with Crippen LogP contribution in [0.25, 0.3) is 0 Å². The van der Waals surface area contributed by atoms with Crippen LogP contribution in [0, 0.1) is 12.7 Å². The molecule has 0 atom stereocenters. The summed E-state index contributed by atoms with van der Waals surface area (Å²) in [4.78, 5) is 8.46. The van der Waals surface area contributed by atoms with Crippen LogP contribution in [0.4, 0.5) is 10.2 Å². The largest absolute Gasteiger partial charge is 0.368 e. The number of halogens is 2. The van der Waals surface area contributed by atoms with E-state index in [-0.39, 0.29) is 11.6 Å². The van der Waals surface area contributed by atoms with Crippen LogP contribution in [0.15, 0.2) is 24.3 Å². The summed E-state index contributed by atoms with van der Waals surface area (Å²) >= 11 is 5.85. The van der Waals surface area contributed by atoms with Crippen molar-refractivity contribution in [3.63, 3.8) is 0 Å². The Kier molecular flexibility index (Phi) is 4.90. The van der Waals surface area contributed by atoms with Gasteiger partial charge in [-0.05, 0) is 31.0 Å². The number of rotatable bonds is 5.